The van der Waals surface area contributed by atoms with Crippen molar-refractivity contribution in [2.24, 2.45) is 5.92 Å². The molecule has 1 aliphatic heterocycles. The van der Waals surface area contributed by atoms with Crippen LogP contribution in [0.4, 0.5) is 0 Å². The Labute approximate surface area is 94.4 Å². The van der Waals surface area contributed by atoms with Gasteiger partial charge in [0.05, 0.1) is 6.54 Å². The Morgan fingerprint density at radius 2 is 2.13 bits per heavy atom. The number of hydrogen-bond donors (Lipinski definition) is 1. The molecule has 0 aromatic carbocycles. The van der Waals surface area contributed by atoms with Crippen molar-refractivity contribution < 1.29 is 0 Å². The van der Waals surface area contributed by atoms with Crippen LogP contribution in [0.2, 0.25) is 0 Å². The van der Waals surface area contributed by atoms with Gasteiger partial charge in [0, 0.05) is 6.04 Å². The molecule has 1 N–H and O–H groups in total. The lowest BCUT2D eigenvalue weighted by Gasteiger charge is -2.34. The molecule has 15 heavy (non-hydrogen) atoms. The molecular formula is C13H24N2. The van der Waals surface area contributed by atoms with Crippen molar-refractivity contribution >= 4 is 0 Å². The predicted octanol–water partition coefficient (Wildman–Crippen LogP) is 1.72. The number of rotatable bonds is 5. The smallest absolute Gasteiger partial charge is 0.0575 e. The lowest BCUT2D eigenvalue weighted by Crippen LogP contribution is -2.42. The van der Waals surface area contributed by atoms with E-state index < -0.39 is 0 Å². The minimum atomic E-state index is 0.574. The normalized spacial score (nSPS) is 21.1. The first-order chi connectivity index (χ1) is 7.27. The molecule has 0 aliphatic carbocycles. The first kappa shape index (κ1) is 12.5. The Hall–Kier alpha value is -0.520. The van der Waals surface area contributed by atoms with E-state index in [-0.39, 0.29) is 0 Å². The van der Waals surface area contributed by atoms with E-state index in [2.05, 4.69) is 30.0 Å². The van der Waals surface area contributed by atoms with Crippen LogP contribution in [0.25, 0.3) is 0 Å². The largest absolute Gasteiger partial charge is 0.303 e. The van der Waals surface area contributed by atoms with Gasteiger partial charge in [0.2, 0.25) is 0 Å². The lowest BCUT2D eigenvalue weighted by atomic mass is 9.90. The maximum atomic E-state index is 5.25. The molecule has 2 nitrogen and oxygen atoms in total. The van der Waals surface area contributed by atoms with E-state index in [0.717, 1.165) is 5.92 Å². The van der Waals surface area contributed by atoms with E-state index >= 15 is 0 Å². The minimum Gasteiger partial charge on any atom is -0.303 e. The summed E-state index contributed by atoms with van der Waals surface area (Å²) in [6, 6.07) is 0.574. The first-order valence-electron chi connectivity index (χ1n) is 6.17. The fraction of sp³-hybridized carbons (Fsp3) is 0.846. The first-order valence-corrected chi connectivity index (χ1v) is 6.17. The van der Waals surface area contributed by atoms with Crippen molar-refractivity contribution in [3.05, 3.63) is 0 Å². The average Bonchev–Trinajstić information content (AvgIpc) is 2.27. The molecule has 1 unspecified atom stereocenters. The number of nitrogens with one attached hydrogen (secondary N) is 1. The standard InChI is InChI=1S/C13H24N2/c1-4-8-14-12(3)13-6-10-15(9-5-2)11-7-13/h1,12-14H,5-11H2,2-3H3. The second kappa shape index (κ2) is 6.87. The van der Waals surface area contributed by atoms with Crippen LogP contribution < -0.4 is 5.32 Å². The number of terminal acetylenes is 1. The Morgan fingerprint density at radius 1 is 1.47 bits per heavy atom. The van der Waals surface area contributed by atoms with Gasteiger partial charge >= 0.3 is 0 Å². The Bertz CT molecular complexity index is 199. The van der Waals surface area contributed by atoms with E-state index in [1.54, 1.807) is 0 Å². The summed E-state index contributed by atoms with van der Waals surface area (Å²) in [6.45, 7) is 9.01. The zero-order chi connectivity index (χ0) is 11.1. The van der Waals surface area contributed by atoms with Crippen LogP contribution in [0.15, 0.2) is 0 Å². The molecule has 1 saturated heterocycles. The second-order valence-corrected chi connectivity index (χ2v) is 4.55. The Balaban J connectivity index is 2.21. The maximum Gasteiger partial charge on any atom is 0.0575 e. The van der Waals surface area contributed by atoms with Gasteiger partial charge < -0.3 is 10.2 Å². The summed E-state index contributed by atoms with van der Waals surface area (Å²) in [4.78, 5) is 2.57. The molecule has 0 amide bonds. The third-order valence-electron chi connectivity index (χ3n) is 3.41. The number of piperidine rings is 1. The van der Waals surface area contributed by atoms with Crippen LogP contribution in [0.1, 0.15) is 33.1 Å². The molecule has 0 aromatic heterocycles. The van der Waals surface area contributed by atoms with Crippen molar-refractivity contribution in [2.75, 3.05) is 26.2 Å². The lowest BCUT2D eigenvalue weighted by molar-refractivity contribution is 0.164. The molecule has 1 fully saturated rings. The molecule has 1 aliphatic rings. The van der Waals surface area contributed by atoms with E-state index in [4.69, 9.17) is 6.42 Å². The van der Waals surface area contributed by atoms with Gasteiger partial charge in [0.25, 0.3) is 0 Å². The van der Waals surface area contributed by atoms with Crippen LogP contribution in [-0.4, -0.2) is 37.1 Å². The Kier molecular flexibility index (Phi) is 5.75. The molecule has 0 aromatic rings. The number of likely N-dealkylation sites (tertiary alicyclic amines) is 1. The fourth-order valence-corrected chi connectivity index (χ4v) is 2.38. The molecule has 1 atom stereocenters. The number of hydrogen-bond acceptors (Lipinski definition) is 2. The molecule has 0 spiro atoms. The molecule has 2 heteroatoms. The van der Waals surface area contributed by atoms with Crippen molar-refractivity contribution in [1.29, 1.82) is 0 Å². The molecule has 1 heterocycles. The van der Waals surface area contributed by atoms with Crippen LogP contribution in [0.5, 0.6) is 0 Å². The highest BCUT2D eigenvalue weighted by atomic mass is 15.1. The summed E-state index contributed by atoms with van der Waals surface area (Å²) in [5, 5.41) is 3.39. The van der Waals surface area contributed by atoms with Gasteiger partial charge in [0.1, 0.15) is 0 Å². The summed E-state index contributed by atoms with van der Waals surface area (Å²) >= 11 is 0. The summed E-state index contributed by atoms with van der Waals surface area (Å²) in [5.74, 6) is 3.46. The summed E-state index contributed by atoms with van der Waals surface area (Å²) in [5.41, 5.74) is 0. The van der Waals surface area contributed by atoms with E-state index in [1.807, 2.05) is 0 Å². The van der Waals surface area contributed by atoms with Gasteiger partial charge in [-0.1, -0.05) is 12.8 Å². The van der Waals surface area contributed by atoms with Crippen molar-refractivity contribution in [3.8, 4) is 12.3 Å². The molecule has 1 rings (SSSR count). The second-order valence-electron chi connectivity index (χ2n) is 4.55. The summed E-state index contributed by atoms with van der Waals surface area (Å²) in [6.07, 6.45) is 9.16. The van der Waals surface area contributed by atoms with Gasteiger partial charge in [0.15, 0.2) is 0 Å². The third kappa shape index (κ3) is 4.24. The summed E-state index contributed by atoms with van der Waals surface area (Å²) < 4.78 is 0. The van der Waals surface area contributed by atoms with Gasteiger partial charge in [-0.15, -0.1) is 6.42 Å². The van der Waals surface area contributed by atoms with E-state index in [9.17, 15) is 0 Å². The molecule has 0 saturated carbocycles. The van der Waals surface area contributed by atoms with Crippen molar-refractivity contribution in [1.82, 2.24) is 10.2 Å². The van der Waals surface area contributed by atoms with Crippen LogP contribution in [0, 0.1) is 18.3 Å². The third-order valence-corrected chi connectivity index (χ3v) is 3.41. The highest BCUT2D eigenvalue weighted by Gasteiger charge is 2.22. The van der Waals surface area contributed by atoms with Crippen molar-refractivity contribution in [2.45, 2.75) is 39.2 Å². The average molecular weight is 208 g/mol. The number of nitrogens with zero attached hydrogens (tertiary/aromatic N) is 1. The molecule has 0 radical (unpaired) electrons. The molecular weight excluding hydrogens is 184 g/mol. The van der Waals surface area contributed by atoms with Gasteiger partial charge in [-0.3, -0.25) is 0 Å². The maximum absolute atomic E-state index is 5.25. The van der Waals surface area contributed by atoms with Gasteiger partial charge in [-0.05, 0) is 51.7 Å². The van der Waals surface area contributed by atoms with Crippen LogP contribution in [-0.2, 0) is 0 Å². The van der Waals surface area contributed by atoms with Gasteiger partial charge in [-0.25, -0.2) is 0 Å². The predicted molar refractivity (Wildman–Crippen MR) is 65.8 cm³/mol. The highest BCUT2D eigenvalue weighted by molar-refractivity contribution is 4.89. The summed E-state index contributed by atoms with van der Waals surface area (Å²) in [7, 11) is 0. The topological polar surface area (TPSA) is 15.3 Å². The SMILES string of the molecule is C#CCNC(C)C1CCN(CCC)CC1. The zero-order valence-corrected chi connectivity index (χ0v) is 10.1. The zero-order valence-electron chi connectivity index (χ0n) is 10.1. The molecule has 86 valence electrons. The van der Waals surface area contributed by atoms with Gasteiger partial charge in [-0.2, -0.15) is 0 Å². The minimum absolute atomic E-state index is 0.574. The molecule has 0 bridgehead atoms. The fourth-order valence-electron chi connectivity index (χ4n) is 2.38. The van der Waals surface area contributed by atoms with E-state index in [1.165, 1.54) is 38.9 Å². The quantitative estimate of drug-likeness (QED) is 0.692. The van der Waals surface area contributed by atoms with Crippen LogP contribution in [0.3, 0.4) is 0 Å². The highest BCUT2D eigenvalue weighted by Crippen LogP contribution is 2.20. The Morgan fingerprint density at radius 3 is 2.67 bits per heavy atom. The van der Waals surface area contributed by atoms with E-state index in [0.29, 0.717) is 12.6 Å². The van der Waals surface area contributed by atoms with Crippen molar-refractivity contribution in [3.63, 3.8) is 0 Å². The monoisotopic (exact) mass is 208 g/mol. The van der Waals surface area contributed by atoms with Crippen LogP contribution >= 0.6 is 0 Å².